The van der Waals surface area contributed by atoms with Crippen molar-refractivity contribution in [2.45, 2.75) is 39.0 Å². The third-order valence-electron chi connectivity index (χ3n) is 3.43. The SMILES string of the molecule is Cc1nn(C)c(C)c1CS(=O)(=O)C1=C(F)C(C)(C)ON1. The van der Waals surface area contributed by atoms with Gasteiger partial charge in [-0.05, 0) is 27.7 Å². The quantitative estimate of drug-likeness (QED) is 0.914. The van der Waals surface area contributed by atoms with E-state index >= 15 is 0 Å². The Morgan fingerprint density at radius 3 is 2.40 bits per heavy atom. The van der Waals surface area contributed by atoms with Crippen LogP contribution in [-0.2, 0) is 27.5 Å². The maximum Gasteiger partial charge on any atom is 0.202 e. The minimum absolute atomic E-state index is 0.312. The molecule has 2 rings (SSSR count). The topological polar surface area (TPSA) is 73.2 Å². The van der Waals surface area contributed by atoms with Crippen LogP contribution in [0, 0.1) is 13.8 Å². The van der Waals surface area contributed by atoms with E-state index in [1.165, 1.54) is 13.8 Å². The normalized spacial score (nSPS) is 18.5. The first kappa shape index (κ1) is 15.0. The van der Waals surface area contributed by atoms with Crippen molar-refractivity contribution in [3.63, 3.8) is 0 Å². The lowest BCUT2D eigenvalue weighted by atomic mass is 10.1. The first-order valence-electron chi connectivity index (χ1n) is 6.12. The Balaban J connectivity index is 2.41. The van der Waals surface area contributed by atoms with Gasteiger partial charge >= 0.3 is 0 Å². The molecule has 0 aliphatic carbocycles. The molecule has 6 nitrogen and oxygen atoms in total. The van der Waals surface area contributed by atoms with Gasteiger partial charge in [0.25, 0.3) is 0 Å². The molecule has 2 heterocycles. The van der Waals surface area contributed by atoms with Gasteiger partial charge in [0, 0.05) is 18.3 Å². The number of aromatic nitrogens is 2. The lowest BCUT2D eigenvalue weighted by Crippen LogP contribution is -2.23. The van der Waals surface area contributed by atoms with Crippen LogP contribution >= 0.6 is 0 Å². The van der Waals surface area contributed by atoms with E-state index in [4.69, 9.17) is 4.84 Å². The monoisotopic (exact) mass is 303 g/mol. The highest BCUT2D eigenvalue weighted by molar-refractivity contribution is 7.94. The molecule has 112 valence electrons. The van der Waals surface area contributed by atoms with E-state index in [9.17, 15) is 12.8 Å². The molecule has 0 saturated heterocycles. The average molecular weight is 303 g/mol. The van der Waals surface area contributed by atoms with Crippen molar-refractivity contribution in [1.29, 1.82) is 0 Å². The molecule has 1 aliphatic heterocycles. The summed E-state index contributed by atoms with van der Waals surface area (Å²) >= 11 is 0. The Bertz CT molecular complexity index is 689. The summed E-state index contributed by atoms with van der Waals surface area (Å²) in [6.45, 7) is 6.42. The highest BCUT2D eigenvalue weighted by Crippen LogP contribution is 2.33. The van der Waals surface area contributed by atoms with Gasteiger partial charge in [0.2, 0.25) is 9.84 Å². The molecule has 0 aromatic carbocycles. The van der Waals surface area contributed by atoms with Crippen molar-refractivity contribution in [2.75, 3.05) is 0 Å². The predicted molar refractivity (Wildman–Crippen MR) is 71.7 cm³/mol. The van der Waals surface area contributed by atoms with E-state index in [0.29, 0.717) is 11.3 Å². The Kier molecular flexibility index (Phi) is 3.42. The van der Waals surface area contributed by atoms with Gasteiger partial charge in [-0.25, -0.2) is 12.8 Å². The van der Waals surface area contributed by atoms with E-state index in [1.807, 2.05) is 0 Å². The number of nitrogens with zero attached hydrogens (tertiary/aromatic N) is 2. The molecular weight excluding hydrogens is 285 g/mol. The van der Waals surface area contributed by atoms with E-state index in [2.05, 4.69) is 10.6 Å². The summed E-state index contributed by atoms with van der Waals surface area (Å²) in [6.07, 6.45) is 0. The molecule has 0 atom stereocenters. The molecule has 1 aliphatic rings. The van der Waals surface area contributed by atoms with Crippen molar-refractivity contribution >= 4 is 9.84 Å². The van der Waals surface area contributed by atoms with Crippen LogP contribution in [-0.4, -0.2) is 23.8 Å². The molecular formula is C12H18FN3O3S. The number of hydrogen-bond donors (Lipinski definition) is 1. The predicted octanol–water partition coefficient (Wildman–Crippen LogP) is 1.40. The summed E-state index contributed by atoms with van der Waals surface area (Å²) in [4.78, 5) is 4.96. The largest absolute Gasteiger partial charge is 0.272 e. The van der Waals surface area contributed by atoms with Crippen LogP contribution in [0.4, 0.5) is 4.39 Å². The van der Waals surface area contributed by atoms with Gasteiger partial charge in [0.1, 0.15) is 5.60 Å². The summed E-state index contributed by atoms with van der Waals surface area (Å²) in [5, 5.41) is 3.66. The maximum atomic E-state index is 14.1. The second kappa shape index (κ2) is 4.56. The first-order valence-corrected chi connectivity index (χ1v) is 7.77. The van der Waals surface area contributed by atoms with Crippen molar-refractivity contribution in [3.05, 3.63) is 27.8 Å². The summed E-state index contributed by atoms with van der Waals surface area (Å²) in [7, 11) is -2.12. The molecule has 20 heavy (non-hydrogen) atoms. The maximum absolute atomic E-state index is 14.1. The number of aryl methyl sites for hydroxylation is 2. The minimum atomic E-state index is -3.85. The molecule has 0 amide bonds. The summed E-state index contributed by atoms with van der Waals surface area (Å²) in [5.41, 5.74) is 2.86. The van der Waals surface area contributed by atoms with Gasteiger partial charge in [-0.3, -0.25) is 15.0 Å². The van der Waals surface area contributed by atoms with Crippen molar-refractivity contribution < 1.29 is 17.6 Å². The van der Waals surface area contributed by atoms with Crippen molar-refractivity contribution in [2.24, 2.45) is 7.05 Å². The first-order chi connectivity index (χ1) is 9.06. The highest BCUT2D eigenvalue weighted by Gasteiger charge is 2.41. The molecule has 0 fully saturated rings. The third-order valence-corrected chi connectivity index (χ3v) is 4.98. The number of sulfone groups is 1. The molecule has 0 radical (unpaired) electrons. The van der Waals surface area contributed by atoms with Crippen LogP contribution in [0.25, 0.3) is 0 Å². The van der Waals surface area contributed by atoms with Crippen LogP contribution in [0.3, 0.4) is 0 Å². The number of nitrogens with one attached hydrogen (secondary N) is 1. The van der Waals surface area contributed by atoms with Crippen molar-refractivity contribution in [3.8, 4) is 0 Å². The Labute approximate surface area is 117 Å². The van der Waals surface area contributed by atoms with Crippen LogP contribution < -0.4 is 5.48 Å². The molecule has 8 heteroatoms. The van der Waals surface area contributed by atoms with E-state index in [1.54, 1.807) is 25.6 Å². The summed E-state index contributed by atoms with van der Waals surface area (Å²) in [6, 6.07) is 0. The molecule has 0 unspecified atom stereocenters. The zero-order chi connectivity index (χ0) is 15.3. The molecule has 1 aromatic heterocycles. The van der Waals surface area contributed by atoms with Gasteiger partial charge in [-0.2, -0.15) is 5.10 Å². The van der Waals surface area contributed by atoms with Gasteiger partial charge in [0.05, 0.1) is 11.4 Å². The Hall–Kier alpha value is -1.41. The molecule has 1 N–H and O–H groups in total. The van der Waals surface area contributed by atoms with E-state index in [0.717, 1.165) is 5.69 Å². The van der Waals surface area contributed by atoms with Crippen LogP contribution in [0.5, 0.6) is 0 Å². The third kappa shape index (κ3) is 2.33. The standard InChI is InChI=1S/C12H18FN3O3S/c1-7-9(8(2)16(5)14-7)6-20(17,18)11-10(13)12(3,4)19-15-11/h15H,6H2,1-5H3. The van der Waals surface area contributed by atoms with Crippen LogP contribution in [0.2, 0.25) is 0 Å². The van der Waals surface area contributed by atoms with Crippen molar-refractivity contribution in [1.82, 2.24) is 15.3 Å². The van der Waals surface area contributed by atoms with Gasteiger partial charge in [0.15, 0.2) is 10.9 Å². The zero-order valence-corrected chi connectivity index (χ0v) is 12.9. The molecule has 1 aromatic rings. The Morgan fingerprint density at radius 1 is 1.40 bits per heavy atom. The number of halogens is 1. The number of hydrogen-bond acceptors (Lipinski definition) is 5. The average Bonchev–Trinajstić information content (AvgIpc) is 2.71. The van der Waals surface area contributed by atoms with Crippen LogP contribution in [0.15, 0.2) is 10.9 Å². The molecule has 0 spiro atoms. The van der Waals surface area contributed by atoms with Crippen LogP contribution in [0.1, 0.15) is 30.8 Å². The second-order valence-corrected chi connectivity index (χ2v) is 7.32. The lowest BCUT2D eigenvalue weighted by molar-refractivity contribution is -0.0271. The van der Waals surface area contributed by atoms with Gasteiger partial charge in [-0.15, -0.1) is 0 Å². The minimum Gasteiger partial charge on any atom is -0.272 e. The second-order valence-electron chi connectivity index (χ2n) is 5.39. The fourth-order valence-corrected chi connectivity index (χ4v) is 3.66. The smallest absolute Gasteiger partial charge is 0.202 e. The zero-order valence-electron chi connectivity index (χ0n) is 12.1. The van der Waals surface area contributed by atoms with E-state index < -0.39 is 26.3 Å². The van der Waals surface area contributed by atoms with Gasteiger partial charge in [-0.1, -0.05) is 0 Å². The summed E-state index contributed by atoms with van der Waals surface area (Å²) < 4.78 is 40.3. The number of rotatable bonds is 3. The highest BCUT2D eigenvalue weighted by atomic mass is 32.2. The molecule has 0 saturated carbocycles. The van der Waals surface area contributed by atoms with Gasteiger partial charge < -0.3 is 0 Å². The fraction of sp³-hybridized carbons (Fsp3) is 0.583. The fourth-order valence-electron chi connectivity index (χ4n) is 2.03. The molecule has 0 bridgehead atoms. The summed E-state index contributed by atoms with van der Waals surface area (Å²) in [5.74, 6) is -1.12. The lowest BCUT2D eigenvalue weighted by Gasteiger charge is -2.12. The van der Waals surface area contributed by atoms with E-state index in [-0.39, 0.29) is 5.75 Å². The number of hydroxylamine groups is 1. The Morgan fingerprint density at radius 2 is 2.00 bits per heavy atom.